The molecule has 1 atom stereocenters. The fourth-order valence-corrected chi connectivity index (χ4v) is 3.33. The Morgan fingerprint density at radius 1 is 1.37 bits per heavy atom. The number of aromatic nitrogens is 4. The first-order valence-corrected chi connectivity index (χ1v) is 9.28. The van der Waals surface area contributed by atoms with Crippen LogP contribution in [0.4, 0.5) is 0 Å². The number of ketones is 1. The first-order chi connectivity index (χ1) is 13.2. The zero-order valence-electron chi connectivity index (χ0n) is 14.7. The quantitative estimate of drug-likeness (QED) is 0.605. The molecule has 1 aliphatic heterocycles. The Morgan fingerprint density at radius 2 is 2.30 bits per heavy atom. The molecule has 4 heterocycles. The van der Waals surface area contributed by atoms with Crippen LogP contribution in [0.3, 0.4) is 0 Å². The molecule has 1 saturated heterocycles. The smallest absolute Gasteiger partial charge is 0.213 e. The predicted octanol–water partition coefficient (Wildman–Crippen LogP) is 3.25. The van der Waals surface area contributed by atoms with Gasteiger partial charge in [-0.15, -0.1) is 0 Å². The molecule has 1 aliphatic rings. The van der Waals surface area contributed by atoms with Crippen molar-refractivity contribution in [1.82, 2.24) is 19.5 Å². The van der Waals surface area contributed by atoms with E-state index in [1.807, 2.05) is 4.57 Å². The van der Waals surface area contributed by atoms with Crippen molar-refractivity contribution in [3.8, 4) is 0 Å². The first kappa shape index (κ1) is 18.0. The van der Waals surface area contributed by atoms with E-state index in [1.54, 1.807) is 24.5 Å². The third-order valence-electron chi connectivity index (χ3n) is 4.51. The van der Waals surface area contributed by atoms with E-state index in [-0.39, 0.29) is 17.8 Å². The summed E-state index contributed by atoms with van der Waals surface area (Å²) in [6.07, 6.45) is 9.37. The molecular formula is C19H19ClN4O3. The molecule has 0 amide bonds. The summed E-state index contributed by atoms with van der Waals surface area (Å²) in [5, 5.41) is 1.15. The Labute approximate surface area is 161 Å². The van der Waals surface area contributed by atoms with Crippen molar-refractivity contribution in [3.05, 3.63) is 53.3 Å². The van der Waals surface area contributed by atoms with E-state index < -0.39 is 0 Å². The number of carbonyl (C=O) groups is 1. The van der Waals surface area contributed by atoms with E-state index in [0.717, 1.165) is 25.9 Å². The fourth-order valence-electron chi connectivity index (χ4n) is 3.17. The molecule has 0 aliphatic carbocycles. The summed E-state index contributed by atoms with van der Waals surface area (Å²) >= 11 is 5.99. The number of hydrogen-bond donors (Lipinski definition) is 0. The molecule has 4 rings (SSSR count). The van der Waals surface area contributed by atoms with E-state index in [9.17, 15) is 4.79 Å². The zero-order chi connectivity index (χ0) is 18.6. The standard InChI is InChI=1S/C19H19ClN4O3/c20-13-4-5-22-16(9-13)18(25)15-11-24(19-14(15)10-21-12-23-19)6-8-27-17-3-1-2-7-26-17/h4-5,9-12,17H,1-3,6-8H2. The first-order valence-electron chi connectivity index (χ1n) is 8.90. The molecule has 0 N–H and O–H groups in total. The minimum Gasteiger partial charge on any atom is -0.353 e. The largest absolute Gasteiger partial charge is 0.353 e. The third kappa shape index (κ3) is 4.00. The van der Waals surface area contributed by atoms with E-state index in [2.05, 4.69) is 15.0 Å². The summed E-state index contributed by atoms with van der Waals surface area (Å²) in [6, 6.07) is 3.19. The van der Waals surface area contributed by atoms with Gasteiger partial charge >= 0.3 is 0 Å². The highest BCUT2D eigenvalue weighted by Crippen LogP contribution is 2.22. The Kier molecular flexibility index (Phi) is 5.42. The van der Waals surface area contributed by atoms with Crippen molar-refractivity contribution in [2.75, 3.05) is 13.2 Å². The van der Waals surface area contributed by atoms with Gasteiger partial charge in [-0.2, -0.15) is 0 Å². The van der Waals surface area contributed by atoms with Gasteiger partial charge < -0.3 is 14.0 Å². The van der Waals surface area contributed by atoms with E-state index >= 15 is 0 Å². The van der Waals surface area contributed by atoms with E-state index in [1.165, 1.54) is 12.5 Å². The molecule has 0 aromatic carbocycles. The van der Waals surface area contributed by atoms with Crippen LogP contribution in [-0.4, -0.2) is 44.8 Å². The maximum Gasteiger partial charge on any atom is 0.213 e. The lowest BCUT2D eigenvalue weighted by molar-refractivity contribution is -0.163. The summed E-state index contributed by atoms with van der Waals surface area (Å²) in [4.78, 5) is 25.4. The number of nitrogens with zero attached hydrogens (tertiary/aromatic N) is 4. The van der Waals surface area contributed by atoms with E-state index in [4.69, 9.17) is 21.1 Å². The molecule has 0 spiro atoms. The van der Waals surface area contributed by atoms with Crippen LogP contribution >= 0.6 is 11.6 Å². The molecule has 1 unspecified atom stereocenters. The van der Waals surface area contributed by atoms with Crippen molar-refractivity contribution >= 4 is 28.4 Å². The number of pyridine rings is 1. The van der Waals surface area contributed by atoms with Crippen molar-refractivity contribution in [2.45, 2.75) is 32.1 Å². The normalized spacial score (nSPS) is 17.3. The van der Waals surface area contributed by atoms with Gasteiger partial charge in [-0.25, -0.2) is 9.97 Å². The van der Waals surface area contributed by atoms with Gasteiger partial charge in [0.25, 0.3) is 0 Å². The number of carbonyl (C=O) groups excluding carboxylic acids is 1. The number of halogens is 1. The average molecular weight is 387 g/mol. The summed E-state index contributed by atoms with van der Waals surface area (Å²) in [5.41, 5.74) is 1.47. The molecule has 140 valence electrons. The van der Waals surface area contributed by atoms with Crippen LogP contribution in [0.25, 0.3) is 11.0 Å². The molecular weight excluding hydrogens is 368 g/mol. The van der Waals surface area contributed by atoms with Gasteiger partial charge in [0, 0.05) is 42.2 Å². The second-order valence-electron chi connectivity index (χ2n) is 6.35. The molecule has 0 radical (unpaired) electrons. The monoisotopic (exact) mass is 386 g/mol. The Balaban J connectivity index is 1.56. The molecule has 1 fully saturated rings. The highest BCUT2D eigenvalue weighted by Gasteiger charge is 2.20. The van der Waals surface area contributed by atoms with Crippen LogP contribution in [0.5, 0.6) is 0 Å². The minimum atomic E-state index is -0.215. The maximum absolute atomic E-state index is 12.9. The van der Waals surface area contributed by atoms with Gasteiger partial charge in [-0.1, -0.05) is 11.6 Å². The summed E-state index contributed by atoms with van der Waals surface area (Å²) in [5.74, 6) is -0.215. The summed E-state index contributed by atoms with van der Waals surface area (Å²) in [6.45, 7) is 1.78. The molecule has 3 aromatic heterocycles. The molecule has 8 heteroatoms. The highest BCUT2D eigenvalue weighted by atomic mass is 35.5. The minimum absolute atomic E-state index is 0.146. The van der Waals surface area contributed by atoms with Gasteiger partial charge in [0.1, 0.15) is 17.7 Å². The van der Waals surface area contributed by atoms with Gasteiger partial charge in [0.2, 0.25) is 5.78 Å². The van der Waals surface area contributed by atoms with Crippen molar-refractivity contribution in [3.63, 3.8) is 0 Å². The maximum atomic E-state index is 12.9. The molecule has 0 saturated carbocycles. The van der Waals surface area contributed by atoms with Gasteiger partial charge in [0.15, 0.2) is 6.29 Å². The van der Waals surface area contributed by atoms with Gasteiger partial charge in [-0.3, -0.25) is 9.78 Å². The third-order valence-corrected chi connectivity index (χ3v) is 4.75. The van der Waals surface area contributed by atoms with Crippen molar-refractivity contribution in [2.24, 2.45) is 0 Å². The predicted molar refractivity (Wildman–Crippen MR) is 99.8 cm³/mol. The lowest BCUT2D eigenvalue weighted by Crippen LogP contribution is -2.23. The zero-order valence-corrected chi connectivity index (χ0v) is 15.4. The van der Waals surface area contributed by atoms with Crippen molar-refractivity contribution < 1.29 is 14.3 Å². The lowest BCUT2D eigenvalue weighted by Gasteiger charge is -2.22. The number of ether oxygens (including phenoxy) is 2. The van der Waals surface area contributed by atoms with Gasteiger partial charge in [0.05, 0.1) is 12.2 Å². The summed E-state index contributed by atoms with van der Waals surface area (Å²) < 4.78 is 13.3. The van der Waals surface area contributed by atoms with Crippen molar-refractivity contribution in [1.29, 1.82) is 0 Å². The molecule has 0 bridgehead atoms. The number of rotatable bonds is 6. The lowest BCUT2D eigenvalue weighted by atomic mass is 10.1. The van der Waals surface area contributed by atoms with Crippen LogP contribution in [0.15, 0.2) is 37.1 Å². The Hall–Kier alpha value is -2.35. The van der Waals surface area contributed by atoms with Crippen LogP contribution in [0.1, 0.15) is 35.3 Å². The average Bonchev–Trinajstić information content (AvgIpc) is 3.07. The fraction of sp³-hybridized carbons (Fsp3) is 0.368. The van der Waals surface area contributed by atoms with E-state index in [0.29, 0.717) is 34.8 Å². The van der Waals surface area contributed by atoms with Crippen LogP contribution in [0, 0.1) is 0 Å². The van der Waals surface area contributed by atoms with Crippen LogP contribution < -0.4 is 0 Å². The molecule has 7 nitrogen and oxygen atoms in total. The van der Waals surface area contributed by atoms with Crippen LogP contribution in [-0.2, 0) is 16.0 Å². The second-order valence-corrected chi connectivity index (χ2v) is 6.79. The van der Waals surface area contributed by atoms with Crippen LogP contribution in [0.2, 0.25) is 5.02 Å². The number of hydrogen-bond acceptors (Lipinski definition) is 6. The SMILES string of the molecule is O=C(c1cc(Cl)ccn1)c1cn(CCOC2CCCCO2)c2ncncc12. The molecule has 3 aromatic rings. The highest BCUT2D eigenvalue weighted by molar-refractivity contribution is 6.31. The second kappa shape index (κ2) is 8.12. The summed E-state index contributed by atoms with van der Waals surface area (Å²) in [7, 11) is 0. The Bertz CT molecular complexity index is 953. The topological polar surface area (TPSA) is 79.1 Å². The number of fused-ring (bicyclic) bond motifs is 1. The van der Waals surface area contributed by atoms with Gasteiger partial charge in [-0.05, 0) is 31.4 Å². The Morgan fingerprint density at radius 3 is 3.11 bits per heavy atom. The molecule has 27 heavy (non-hydrogen) atoms.